The highest BCUT2D eigenvalue weighted by Crippen LogP contribution is 2.33. The summed E-state index contributed by atoms with van der Waals surface area (Å²) in [5, 5.41) is 6.33. The molecule has 1 amide bonds. The zero-order chi connectivity index (χ0) is 10.7. The number of carbonyl (C=O) groups excluding carboxylic acids is 1. The third-order valence-corrected chi connectivity index (χ3v) is 3.24. The van der Waals surface area contributed by atoms with Crippen LogP contribution in [0.15, 0.2) is 0 Å². The molecule has 2 unspecified atom stereocenters. The molecule has 2 rings (SSSR count). The Morgan fingerprint density at radius 3 is 2.93 bits per heavy atom. The topological polar surface area (TPSA) is 50.4 Å². The van der Waals surface area contributed by atoms with Crippen LogP contribution in [0, 0.1) is 5.92 Å². The second-order valence-electron chi connectivity index (χ2n) is 4.55. The molecule has 0 radical (unpaired) electrons. The first-order valence-corrected chi connectivity index (χ1v) is 5.84. The van der Waals surface area contributed by atoms with E-state index in [0.717, 1.165) is 25.3 Å². The van der Waals surface area contributed by atoms with Crippen molar-refractivity contribution in [2.45, 2.75) is 37.8 Å². The number of carbonyl (C=O) groups is 1. The average Bonchev–Trinajstić information content (AvgIpc) is 3.04. The minimum Gasteiger partial charge on any atom is -0.383 e. The average molecular weight is 212 g/mol. The summed E-state index contributed by atoms with van der Waals surface area (Å²) in [5.74, 6) is 0.877. The van der Waals surface area contributed by atoms with Gasteiger partial charge in [-0.15, -0.1) is 0 Å². The summed E-state index contributed by atoms with van der Waals surface area (Å²) in [5.41, 5.74) is 0. The van der Waals surface area contributed by atoms with Gasteiger partial charge >= 0.3 is 0 Å². The summed E-state index contributed by atoms with van der Waals surface area (Å²) in [6, 6.07) is 0.364. The van der Waals surface area contributed by atoms with Gasteiger partial charge in [-0.25, -0.2) is 0 Å². The van der Waals surface area contributed by atoms with Crippen LogP contribution in [0.3, 0.4) is 0 Å². The van der Waals surface area contributed by atoms with E-state index in [9.17, 15) is 4.79 Å². The predicted molar refractivity (Wildman–Crippen MR) is 57.6 cm³/mol. The molecule has 4 heteroatoms. The van der Waals surface area contributed by atoms with E-state index in [1.54, 1.807) is 7.11 Å². The summed E-state index contributed by atoms with van der Waals surface area (Å²) >= 11 is 0. The molecule has 15 heavy (non-hydrogen) atoms. The number of methoxy groups -OCH3 is 1. The number of amides is 1. The van der Waals surface area contributed by atoms with Crippen LogP contribution < -0.4 is 10.6 Å². The van der Waals surface area contributed by atoms with Crippen molar-refractivity contribution in [1.82, 2.24) is 10.6 Å². The molecule has 1 aliphatic carbocycles. The second kappa shape index (κ2) is 4.94. The fourth-order valence-corrected chi connectivity index (χ4v) is 2.19. The molecule has 2 fully saturated rings. The lowest BCUT2D eigenvalue weighted by Gasteiger charge is -2.27. The van der Waals surface area contributed by atoms with E-state index in [1.165, 1.54) is 12.8 Å². The Morgan fingerprint density at radius 2 is 2.33 bits per heavy atom. The number of rotatable bonds is 5. The van der Waals surface area contributed by atoms with Gasteiger partial charge in [-0.3, -0.25) is 4.79 Å². The van der Waals surface area contributed by atoms with E-state index < -0.39 is 0 Å². The molecule has 2 atom stereocenters. The summed E-state index contributed by atoms with van der Waals surface area (Å²) in [6.07, 6.45) is 4.58. The van der Waals surface area contributed by atoms with Gasteiger partial charge in [-0.2, -0.15) is 0 Å². The molecule has 1 saturated carbocycles. The van der Waals surface area contributed by atoms with Crippen LogP contribution in [-0.2, 0) is 9.53 Å². The van der Waals surface area contributed by atoms with Gasteiger partial charge in [0.2, 0.25) is 5.91 Å². The summed E-state index contributed by atoms with van der Waals surface area (Å²) in [7, 11) is 1.72. The van der Waals surface area contributed by atoms with Crippen molar-refractivity contribution in [3.8, 4) is 0 Å². The molecule has 1 aliphatic heterocycles. The lowest BCUT2D eigenvalue weighted by molar-refractivity contribution is -0.124. The van der Waals surface area contributed by atoms with E-state index in [2.05, 4.69) is 10.6 Å². The lowest BCUT2D eigenvalue weighted by atomic mass is 10.0. The summed E-state index contributed by atoms with van der Waals surface area (Å²) in [6.45, 7) is 1.55. The fourth-order valence-electron chi connectivity index (χ4n) is 2.19. The first-order chi connectivity index (χ1) is 7.31. The van der Waals surface area contributed by atoms with Gasteiger partial charge in [0.05, 0.1) is 12.6 Å². The van der Waals surface area contributed by atoms with Crippen molar-refractivity contribution in [2.24, 2.45) is 5.92 Å². The molecule has 1 heterocycles. The zero-order valence-corrected chi connectivity index (χ0v) is 9.29. The molecule has 0 aromatic carbocycles. The Hall–Kier alpha value is -0.610. The third kappa shape index (κ3) is 2.92. The highest BCUT2D eigenvalue weighted by Gasteiger charge is 2.34. The molecule has 0 bridgehead atoms. The summed E-state index contributed by atoms with van der Waals surface area (Å²) < 4.78 is 5.19. The Labute approximate surface area is 90.8 Å². The minimum absolute atomic E-state index is 0.000463. The number of nitrogens with one attached hydrogen (secondary N) is 2. The normalized spacial score (nSPS) is 28.6. The highest BCUT2D eigenvalue weighted by molar-refractivity contribution is 5.82. The smallest absolute Gasteiger partial charge is 0.237 e. The van der Waals surface area contributed by atoms with Crippen LogP contribution in [-0.4, -0.2) is 38.3 Å². The van der Waals surface area contributed by atoms with Crippen LogP contribution in [0.4, 0.5) is 0 Å². The molecule has 0 aromatic rings. The Kier molecular flexibility index (Phi) is 3.59. The largest absolute Gasteiger partial charge is 0.383 e. The number of piperidine rings is 1. The minimum atomic E-state index is -0.000463. The van der Waals surface area contributed by atoms with Crippen LogP contribution in [0.2, 0.25) is 0 Å². The maximum Gasteiger partial charge on any atom is 0.237 e. The van der Waals surface area contributed by atoms with Gasteiger partial charge in [0.1, 0.15) is 0 Å². The Bertz CT molecular complexity index is 229. The van der Waals surface area contributed by atoms with Crippen molar-refractivity contribution in [1.29, 1.82) is 0 Å². The second-order valence-corrected chi connectivity index (χ2v) is 4.55. The van der Waals surface area contributed by atoms with Crippen molar-refractivity contribution < 1.29 is 9.53 Å². The zero-order valence-electron chi connectivity index (χ0n) is 9.29. The Balaban J connectivity index is 1.83. The third-order valence-electron chi connectivity index (χ3n) is 3.24. The van der Waals surface area contributed by atoms with Crippen molar-refractivity contribution >= 4 is 5.91 Å². The fraction of sp³-hybridized carbons (Fsp3) is 0.909. The van der Waals surface area contributed by atoms with Crippen molar-refractivity contribution in [3.63, 3.8) is 0 Å². The maximum atomic E-state index is 11.6. The maximum absolute atomic E-state index is 11.6. The molecule has 0 spiro atoms. The van der Waals surface area contributed by atoms with Crippen molar-refractivity contribution in [2.75, 3.05) is 20.3 Å². The van der Waals surface area contributed by atoms with E-state index in [4.69, 9.17) is 4.74 Å². The Morgan fingerprint density at radius 1 is 1.53 bits per heavy atom. The monoisotopic (exact) mass is 212 g/mol. The van der Waals surface area contributed by atoms with Crippen molar-refractivity contribution in [3.05, 3.63) is 0 Å². The number of ether oxygens (including phenoxy) is 1. The van der Waals surface area contributed by atoms with Crippen LogP contribution in [0.5, 0.6) is 0 Å². The molecular formula is C11H20N2O2. The molecule has 1 saturated heterocycles. The molecule has 2 N–H and O–H groups in total. The first-order valence-electron chi connectivity index (χ1n) is 5.84. The van der Waals surface area contributed by atoms with Gasteiger partial charge < -0.3 is 15.4 Å². The SMILES string of the molecule is COCC(NC1CCCNC1=O)C1CC1. The van der Waals surface area contributed by atoms with Gasteiger partial charge in [0.25, 0.3) is 0 Å². The highest BCUT2D eigenvalue weighted by atomic mass is 16.5. The van der Waals surface area contributed by atoms with E-state index in [-0.39, 0.29) is 11.9 Å². The lowest BCUT2D eigenvalue weighted by Crippen LogP contribution is -2.53. The van der Waals surface area contributed by atoms with Gasteiger partial charge in [0.15, 0.2) is 0 Å². The van der Waals surface area contributed by atoms with Gasteiger partial charge in [0, 0.05) is 19.7 Å². The van der Waals surface area contributed by atoms with E-state index >= 15 is 0 Å². The molecule has 0 aromatic heterocycles. The molecule has 4 nitrogen and oxygen atoms in total. The van der Waals surface area contributed by atoms with Gasteiger partial charge in [-0.1, -0.05) is 0 Å². The van der Waals surface area contributed by atoms with E-state index in [0.29, 0.717) is 12.6 Å². The molecular weight excluding hydrogens is 192 g/mol. The standard InChI is InChI=1S/C11H20N2O2/c1-15-7-10(8-4-5-8)13-9-3-2-6-12-11(9)14/h8-10,13H,2-7H2,1H3,(H,12,14). The van der Waals surface area contributed by atoms with Crippen LogP contribution in [0.25, 0.3) is 0 Å². The van der Waals surface area contributed by atoms with Gasteiger partial charge in [-0.05, 0) is 31.6 Å². The van der Waals surface area contributed by atoms with Crippen LogP contribution >= 0.6 is 0 Å². The first kappa shape index (κ1) is 10.9. The van der Waals surface area contributed by atoms with E-state index in [1.807, 2.05) is 0 Å². The predicted octanol–water partition coefficient (Wildman–Crippen LogP) is 0.280. The summed E-state index contributed by atoms with van der Waals surface area (Å²) in [4.78, 5) is 11.6. The molecule has 86 valence electrons. The quantitative estimate of drug-likeness (QED) is 0.688. The number of hydrogen-bond acceptors (Lipinski definition) is 3. The van der Waals surface area contributed by atoms with Crippen LogP contribution in [0.1, 0.15) is 25.7 Å². The number of hydrogen-bond donors (Lipinski definition) is 2. The molecule has 2 aliphatic rings.